The van der Waals surface area contributed by atoms with Crippen LogP contribution in [0.25, 0.3) is 10.9 Å². The van der Waals surface area contributed by atoms with E-state index in [1.807, 2.05) is 31.2 Å². The number of aromatic hydroxyl groups is 1. The SMILES string of the molecule is Br.Cc1ccc(CCS(=O)(=O)c2ccc(O)c3ncccc23)cc1. The lowest BCUT2D eigenvalue weighted by Gasteiger charge is -2.09. The lowest BCUT2D eigenvalue weighted by atomic mass is 10.1. The van der Waals surface area contributed by atoms with Crippen molar-refractivity contribution in [1.29, 1.82) is 0 Å². The maximum absolute atomic E-state index is 12.7. The quantitative estimate of drug-likeness (QED) is 0.712. The van der Waals surface area contributed by atoms with E-state index in [4.69, 9.17) is 0 Å². The Bertz CT molecular complexity index is 954. The molecule has 6 heteroatoms. The molecule has 1 aromatic heterocycles. The molecule has 0 aliphatic rings. The van der Waals surface area contributed by atoms with Crippen molar-refractivity contribution in [3.05, 3.63) is 65.9 Å². The molecule has 0 saturated carbocycles. The van der Waals surface area contributed by atoms with Crippen LogP contribution < -0.4 is 0 Å². The molecule has 0 radical (unpaired) electrons. The second kappa shape index (κ2) is 7.32. The first kappa shape index (κ1) is 18.4. The van der Waals surface area contributed by atoms with Crippen molar-refractivity contribution in [3.8, 4) is 5.75 Å². The summed E-state index contributed by atoms with van der Waals surface area (Å²) in [5, 5.41) is 10.3. The average Bonchev–Trinajstić information content (AvgIpc) is 2.55. The highest BCUT2D eigenvalue weighted by Gasteiger charge is 2.19. The monoisotopic (exact) mass is 407 g/mol. The van der Waals surface area contributed by atoms with Crippen LogP contribution >= 0.6 is 17.0 Å². The Hall–Kier alpha value is -1.92. The number of hydrogen-bond donors (Lipinski definition) is 1. The van der Waals surface area contributed by atoms with Gasteiger partial charge in [0.25, 0.3) is 0 Å². The molecule has 0 bridgehead atoms. The number of rotatable bonds is 4. The third kappa shape index (κ3) is 3.76. The highest BCUT2D eigenvalue weighted by Crippen LogP contribution is 2.29. The van der Waals surface area contributed by atoms with E-state index in [2.05, 4.69) is 4.98 Å². The van der Waals surface area contributed by atoms with Gasteiger partial charge in [0.15, 0.2) is 9.84 Å². The van der Waals surface area contributed by atoms with Gasteiger partial charge in [-0.3, -0.25) is 4.98 Å². The van der Waals surface area contributed by atoms with E-state index in [-0.39, 0.29) is 33.4 Å². The summed E-state index contributed by atoms with van der Waals surface area (Å²) in [6.07, 6.45) is 1.98. The van der Waals surface area contributed by atoms with Crippen LogP contribution in [0.1, 0.15) is 11.1 Å². The van der Waals surface area contributed by atoms with E-state index in [0.29, 0.717) is 17.3 Å². The van der Waals surface area contributed by atoms with Crippen LogP contribution in [0.15, 0.2) is 59.6 Å². The van der Waals surface area contributed by atoms with E-state index in [1.165, 1.54) is 18.3 Å². The van der Waals surface area contributed by atoms with Crippen molar-refractivity contribution in [1.82, 2.24) is 4.98 Å². The largest absolute Gasteiger partial charge is 0.506 e. The lowest BCUT2D eigenvalue weighted by Crippen LogP contribution is -2.10. The van der Waals surface area contributed by atoms with Crippen LogP contribution in [0.4, 0.5) is 0 Å². The summed E-state index contributed by atoms with van der Waals surface area (Å²) < 4.78 is 25.4. The number of sulfone groups is 1. The van der Waals surface area contributed by atoms with Gasteiger partial charge in [-0.2, -0.15) is 0 Å². The normalized spacial score (nSPS) is 11.2. The Kier molecular flexibility index (Phi) is 5.62. The van der Waals surface area contributed by atoms with Gasteiger partial charge in [-0.1, -0.05) is 29.8 Å². The van der Waals surface area contributed by atoms with Crippen LogP contribution in [-0.2, 0) is 16.3 Å². The number of pyridine rings is 1. The zero-order valence-corrected chi connectivity index (χ0v) is 15.7. The van der Waals surface area contributed by atoms with Crippen molar-refractivity contribution in [2.75, 3.05) is 5.75 Å². The van der Waals surface area contributed by atoms with Crippen molar-refractivity contribution < 1.29 is 13.5 Å². The van der Waals surface area contributed by atoms with E-state index in [0.717, 1.165) is 11.1 Å². The molecule has 3 rings (SSSR count). The van der Waals surface area contributed by atoms with E-state index < -0.39 is 9.84 Å². The minimum Gasteiger partial charge on any atom is -0.506 e. The second-order valence-corrected chi connectivity index (χ2v) is 7.61. The summed E-state index contributed by atoms with van der Waals surface area (Å²) >= 11 is 0. The number of fused-ring (bicyclic) bond motifs is 1. The van der Waals surface area contributed by atoms with Gasteiger partial charge in [0.05, 0.1) is 10.6 Å². The molecule has 0 unspecified atom stereocenters. The van der Waals surface area contributed by atoms with Crippen molar-refractivity contribution >= 4 is 37.7 Å². The molecule has 0 fully saturated rings. The molecule has 0 saturated heterocycles. The fourth-order valence-corrected chi connectivity index (χ4v) is 4.02. The first-order valence-corrected chi connectivity index (χ1v) is 8.97. The number of hydrogen-bond acceptors (Lipinski definition) is 4. The first-order chi connectivity index (χ1) is 11.0. The molecule has 0 aliphatic heterocycles. The molecule has 0 amide bonds. The molecule has 0 atom stereocenters. The Morgan fingerprint density at radius 1 is 1.04 bits per heavy atom. The van der Waals surface area contributed by atoms with E-state index in [9.17, 15) is 13.5 Å². The maximum Gasteiger partial charge on any atom is 0.179 e. The van der Waals surface area contributed by atoms with Crippen molar-refractivity contribution in [2.45, 2.75) is 18.2 Å². The number of aryl methyl sites for hydroxylation is 2. The summed E-state index contributed by atoms with van der Waals surface area (Å²) in [5.74, 6) is 0.00302. The number of halogens is 1. The van der Waals surface area contributed by atoms with E-state index >= 15 is 0 Å². The molecule has 0 spiro atoms. The topological polar surface area (TPSA) is 67.3 Å². The molecule has 4 nitrogen and oxygen atoms in total. The van der Waals surface area contributed by atoms with Gasteiger partial charge in [0, 0.05) is 11.6 Å². The van der Waals surface area contributed by atoms with Crippen LogP contribution in [0, 0.1) is 6.92 Å². The molecule has 1 N–H and O–H groups in total. The molecule has 2 aromatic carbocycles. The van der Waals surface area contributed by atoms with Crippen molar-refractivity contribution in [3.63, 3.8) is 0 Å². The number of phenolic OH excluding ortho intramolecular Hbond substituents is 1. The van der Waals surface area contributed by atoms with Gasteiger partial charge in [0.2, 0.25) is 0 Å². The fourth-order valence-electron chi connectivity index (χ4n) is 2.52. The highest BCUT2D eigenvalue weighted by molar-refractivity contribution is 8.93. The van der Waals surface area contributed by atoms with Gasteiger partial charge in [-0.25, -0.2) is 8.42 Å². The van der Waals surface area contributed by atoms with Gasteiger partial charge in [-0.05, 0) is 43.2 Å². The molecular formula is C18H18BrNO3S. The summed E-state index contributed by atoms with van der Waals surface area (Å²) in [7, 11) is -3.46. The smallest absolute Gasteiger partial charge is 0.179 e. The first-order valence-electron chi connectivity index (χ1n) is 7.32. The summed E-state index contributed by atoms with van der Waals surface area (Å²) in [6.45, 7) is 2.00. The molecule has 0 aliphatic carbocycles. The van der Waals surface area contributed by atoms with Crippen LogP contribution in [0.5, 0.6) is 5.75 Å². The van der Waals surface area contributed by atoms with Gasteiger partial charge < -0.3 is 5.11 Å². The molecule has 126 valence electrons. The van der Waals surface area contributed by atoms with Gasteiger partial charge >= 0.3 is 0 Å². The Morgan fingerprint density at radius 3 is 2.46 bits per heavy atom. The summed E-state index contributed by atoms with van der Waals surface area (Å²) in [4.78, 5) is 4.28. The lowest BCUT2D eigenvalue weighted by molar-refractivity contribution is 0.480. The fraction of sp³-hybridized carbons (Fsp3) is 0.167. The van der Waals surface area contributed by atoms with Crippen LogP contribution in [0.3, 0.4) is 0 Å². The van der Waals surface area contributed by atoms with Crippen LogP contribution in [0.2, 0.25) is 0 Å². The zero-order valence-electron chi connectivity index (χ0n) is 13.1. The number of aromatic nitrogens is 1. The number of benzene rings is 2. The predicted molar refractivity (Wildman–Crippen MR) is 101 cm³/mol. The van der Waals surface area contributed by atoms with E-state index in [1.54, 1.807) is 12.1 Å². The number of phenols is 1. The van der Waals surface area contributed by atoms with Crippen molar-refractivity contribution in [2.24, 2.45) is 0 Å². The molecule has 3 aromatic rings. The Morgan fingerprint density at radius 2 is 1.75 bits per heavy atom. The van der Waals surface area contributed by atoms with Crippen LogP contribution in [-0.4, -0.2) is 24.3 Å². The molecular weight excluding hydrogens is 390 g/mol. The Balaban J connectivity index is 0.00000208. The summed E-state index contributed by atoms with van der Waals surface area (Å²) in [6, 6.07) is 14.0. The predicted octanol–water partition coefficient (Wildman–Crippen LogP) is 3.84. The average molecular weight is 408 g/mol. The molecule has 24 heavy (non-hydrogen) atoms. The maximum atomic E-state index is 12.7. The van der Waals surface area contributed by atoms with Gasteiger partial charge in [-0.15, -0.1) is 17.0 Å². The second-order valence-electron chi connectivity index (χ2n) is 5.54. The Labute approximate surface area is 151 Å². The minimum atomic E-state index is -3.46. The third-order valence-electron chi connectivity index (χ3n) is 3.82. The summed E-state index contributed by atoms with van der Waals surface area (Å²) in [5.41, 5.74) is 2.44. The highest BCUT2D eigenvalue weighted by atomic mass is 79.9. The number of nitrogens with zero attached hydrogens (tertiary/aromatic N) is 1. The zero-order chi connectivity index (χ0) is 16.4. The standard InChI is InChI=1S/C18H17NO3S.BrH/c1-13-4-6-14(7-5-13)10-12-23(21,22)17-9-8-16(20)18-15(17)3-2-11-19-18;/h2-9,11,20H,10,12H2,1H3;1H. The third-order valence-corrected chi connectivity index (χ3v) is 5.59. The van der Waals surface area contributed by atoms with Gasteiger partial charge in [0.1, 0.15) is 11.3 Å². The minimum absolute atomic E-state index is 0. The molecule has 1 heterocycles.